The summed E-state index contributed by atoms with van der Waals surface area (Å²) in [5.41, 5.74) is 1.15. The molecule has 0 aliphatic heterocycles. The molecule has 0 heterocycles. The molecule has 1 saturated carbocycles. The third kappa shape index (κ3) is 3.89. The molecule has 1 aliphatic carbocycles. The van der Waals surface area contributed by atoms with E-state index in [-0.39, 0.29) is 0 Å². The molecule has 0 spiro atoms. The monoisotopic (exact) mass is 266 g/mol. The van der Waals surface area contributed by atoms with Crippen LogP contribution < -0.4 is 5.32 Å². The van der Waals surface area contributed by atoms with Crippen LogP contribution in [0.5, 0.6) is 0 Å². The highest BCUT2D eigenvalue weighted by Gasteiger charge is 2.20. The number of nitrogens with one attached hydrogen (secondary N) is 1. The lowest BCUT2D eigenvalue weighted by molar-refractivity contribution is 0.217. The number of rotatable bonds is 6. The van der Waals surface area contributed by atoms with Gasteiger partial charge in [-0.25, -0.2) is 0 Å². The maximum Gasteiger partial charge on any atom is 0.0407 e. The van der Waals surface area contributed by atoms with Gasteiger partial charge in [-0.2, -0.15) is 0 Å². The molecule has 2 rings (SSSR count). The van der Waals surface area contributed by atoms with Crippen molar-refractivity contribution in [2.45, 2.75) is 38.6 Å². The van der Waals surface area contributed by atoms with E-state index in [0.717, 1.165) is 36.4 Å². The van der Waals surface area contributed by atoms with E-state index >= 15 is 0 Å². The van der Waals surface area contributed by atoms with Crippen LogP contribution in [0.4, 0.5) is 5.69 Å². The summed E-state index contributed by atoms with van der Waals surface area (Å²) in [5.74, 6) is 0. The van der Waals surface area contributed by atoms with Crippen LogP contribution in [0.3, 0.4) is 0 Å². The number of nitrogens with zero attached hydrogens (tertiary/aromatic N) is 1. The summed E-state index contributed by atoms with van der Waals surface area (Å²) in [5, 5.41) is 4.25. The zero-order valence-corrected chi connectivity index (χ0v) is 11.9. The summed E-state index contributed by atoms with van der Waals surface area (Å²) in [6.07, 6.45) is 5.58. The van der Waals surface area contributed by atoms with Crippen molar-refractivity contribution < 1.29 is 0 Å². The maximum atomic E-state index is 5.87. The Bertz CT molecular complexity index is 344. The highest BCUT2D eigenvalue weighted by atomic mass is 35.5. The fourth-order valence-corrected chi connectivity index (χ4v) is 2.91. The summed E-state index contributed by atoms with van der Waals surface area (Å²) < 4.78 is 0. The lowest BCUT2D eigenvalue weighted by atomic mass is 10.2. The molecular weight excluding hydrogens is 244 g/mol. The minimum absolute atomic E-state index is 0.793. The van der Waals surface area contributed by atoms with Gasteiger partial charge in [0.05, 0.1) is 0 Å². The molecule has 0 aromatic heterocycles. The number of benzene rings is 1. The van der Waals surface area contributed by atoms with E-state index in [9.17, 15) is 0 Å². The standard InChI is InChI=1S/C15H23ClN2/c1-2-18(15-5-3-4-6-15)12-11-17-14-9-7-13(16)8-10-14/h7-10,15,17H,2-6,11-12H2,1H3. The van der Waals surface area contributed by atoms with Crippen molar-refractivity contribution in [1.29, 1.82) is 0 Å². The summed E-state index contributed by atoms with van der Waals surface area (Å²) >= 11 is 5.87. The van der Waals surface area contributed by atoms with Crippen LogP contribution in [0.1, 0.15) is 32.6 Å². The van der Waals surface area contributed by atoms with Crippen molar-refractivity contribution in [2.24, 2.45) is 0 Å². The Morgan fingerprint density at radius 3 is 2.50 bits per heavy atom. The van der Waals surface area contributed by atoms with Crippen LogP contribution in [0.2, 0.25) is 5.02 Å². The molecule has 1 aromatic carbocycles. The van der Waals surface area contributed by atoms with E-state index in [0.29, 0.717) is 0 Å². The van der Waals surface area contributed by atoms with Crippen LogP contribution >= 0.6 is 11.6 Å². The molecule has 0 bridgehead atoms. The third-order valence-electron chi connectivity index (χ3n) is 3.82. The van der Waals surface area contributed by atoms with E-state index in [1.54, 1.807) is 0 Å². The van der Waals surface area contributed by atoms with Crippen molar-refractivity contribution in [2.75, 3.05) is 25.0 Å². The van der Waals surface area contributed by atoms with Crippen molar-refractivity contribution in [3.05, 3.63) is 29.3 Å². The summed E-state index contributed by atoms with van der Waals surface area (Å²) in [4.78, 5) is 2.61. The van der Waals surface area contributed by atoms with Crippen molar-refractivity contribution >= 4 is 17.3 Å². The molecule has 1 aliphatic rings. The minimum atomic E-state index is 0.793. The van der Waals surface area contributed by atoms with Gasteiger partial charge >= 0.3 is 0 Å². The Hall–Kier alpha value is -0.730. The molecular formula is C15H23ClN2. The molecule has 0 unspecified atom stereocenters. The molecule has 100 valence electrons. The summed E-state index contributed by atoms with van der Waals surface area (Å²) in [6.45, 7) is 5.56. The number of halogens is 1. The fourth-order valence-electron chi connectivity index (χ4n) is 2.78. The average Bonchev–Trinajstić information content (AvgIpc) is 2.91. The average molecular weight is 267 g/mol. The topological polar surface area (TPSA) is 15.3 Å². The first-order valence-corrected chi connectivity index (χ1v) is 7.41. The second kappa shape index (κ2) is 7.01. The van der Waals surface area contributed by atoms with Crippen LogP contribution in [0, 0.1) is 0 Å². The smallest absolute Gasteiger partial charge is 0.0407 e. The molecule has 0 atom stereocenters. The van der Waals surface area contributed by atoms with E-state index in [2.05, 4.69) is 17.1 Å². The molecule has 0 saturated heterocycles. The van der Waals surface area contributed by atoms with Gasteiger partial charge in [0.15, 0.2) is 0 Å². The van der Waals surface area contributed by atoms with Crippen LogP contribution in [-0.4, -0.2) is 30.6 Å². The van der Waals surface area contributed by atoms with Gasteiger partial charge in [-0.05, 0) is 43.7 Å². The molecule has 18 heavy (non-hydrogen) atoms. The Morgan fingerprint density at radius 2 is 1.89 bits per heavy atom. The van der Waals surface area contributed by atoms with Crippen molar-refractivity contribution in [3.8, 4) is 0 Å². The fraction of sp³-hybridized carbons (Fsp3) is 0.600. The normalized spacial score (nSPS) is 16.4. The Kier molecular flexibility index (Phi) is 5.33. The van der Waals surface area contributed by atoms with Gasteiger partial charge in [0.2, 0.25) is 0 Å². The first-order chi connectivity index (χ1) is 8.79. The second-order valence-electron chi connectivity index (χ2n) is 5.00. The lowest BCUT2D eigenvalue weighted by Crippen LogP contribution is -2.36. The Labute approximate surface area is 115 Å². The van der Waals surface area contributed by atoms with Gasteiger partial charge < -0.3 is 5.32 Å². The molecule has 1 fully saturated rings. The minimum Gasteiger partial charge on any atom is -0.384 e. The highest BCUT2D eigenvalue weighted by Crippen LogP contribution is 2.23. The largest absolute Gasteiger partial charge is 0.384 e. The van der Waals surface area contributed by atoms with Crippen molar-refractivity contribution in [1.82, 2.24) is 4.90 Å². The van der Waals surface area contributed by atoms with E-state index in [1.807, 2.05) is 24.3 Å². The third-order valence-corrected chi connectivity index (χ3v) is 4.07. The zero-order chi connectivity index (χ0) is 12.8. The van der Waals surface area contributed by atoms with Crippen LogP contribution in [0.25, 0.3) is 0 Å². The summed E-state index contributed by atoms with van der Waals surface area (Å²) in [6, 6.07) is 8.75. The maximum absolute atomic E-state index is 5.87. The van der Waals surface area contributed by atoms with Gasteiger partial charge in [-0.15, -0.1) is 0 Å². The van der Waals surface area contributed by atoms with Gasteiger partial charge in [0, 0.05) is 29.8 Å². The van der Waals surface area contributed by atoms with E-state index in [1.165, 1.54) is 25.7 Å². The van der Waals surface area contributed by atoms with Gasteiger partial charge in [0.25, 0.3) is 0 Å². The van der Waals surface area contributed by atoms with Crippen LogP contribution in [-0.2, 0) is 0 Å². The Balaban J connectivity index is 1.74. The molecule has 1 N–H and O–H groups in total. The van der Waals surface area contributed by atoms with Gasteiger partial charge in [-0.1, -0.05) is 31.4 Å². The lowest BCUT2D eigenvalue weighted by Gasteiger charge is -2.27. The molecule has 0 radical (unpaired) electrons. The SMILES string of the molecule is CCN(CCNc1ccc(Cl)cc1)C1CCCC1. The quantitative estimate of drug-likeness (QED) is 0.837. The number of likely N-dealkylation sites (N-methyl/N-ethyl adjacent to an activating group) is 1. The molecule has 1 aromatic rings. The zero-order valence-electron chi connectivity index (χ0n) is 11.2. The molecule has 0 amide bonds. The van der Waals surface area contributed by atoms with E-state index < -0.39 is 0 Å². The predicted molar refractivity (Wildman–Crippen MR) is 79.4 cm³/mol. The second-order valence-corrected chi connectivity index (χ2v) is 5.44. The van der Waals surface area contributed by atoms with Gasteiger partial charge in [-0.3, -0.25) is 4.90 Å². The highest BCUT2D eigenvalue weighted by molar-refractivity contribution is 6.30. The van der Waals surface area contributed by atoms with Crippen LogP contribution in [0.15, 0.2) is 24.3 Å². The number of anilines is 1. The first kappa shape index (κ1) is 13.7. The predicted octanol–water partition coefficient (Wildman–Crippen LogP) is 4.02. The molecule has 3 heteroatoms. The Morgan fingerprint density at radius 1 is 1.22 bits per heavy atom. The van der Waals surface area contributed by atoms with Crippen molar-refractivity contribution in [3.63, 3.8) is 0 Å². The number of hydrogen-bond donors (Lipinski definition) is 1. The van der Waals surface area contributed by atoms with E-state index in [4.69, 9.17) is 11.6 Å². The first-order valence-electron chi connectivity index (χ1n) is 7.03. The summed E-state index contributed by atoms with van der Waals surface area (Å²) in [7, 11) is 0. The number of hydrogen-bond acceptors (Lipinski definition) is 2. The van der Waals surface area contributed by atoms with Gasteiger partial charge in [0.1, 0.15) is 0 Å². The molecule has 2 nitrogen and oxygen atoms in total.